The summed E-state index contributed by atoms with van der Waals surface area (Å²) in [6.45, 7) is 3.55. The Balaban J connectivity index is 3.07. The zero-order chi connectivity index (χ0) is 13.8. The van der Waals surface area contributed by atoms with Crippen molar-refractivity contribution in [1.29, 1.82) is 0 Å². The van der Waals surface area contributed by atoms with Crippen molar-refractivity contribution in [3.63, 3.8) is 0 Å². The third-order valence-corrected chi connectivity index (χ3v) is 2.58. The summed E-state index contributed by atoms with van der Waals surface area (Å²) in [5.74, 6) is -0.638. The monoisotopic (exact) mass is 255 g/mol. The predicted molar refractivity (Wildman–Crippen MR) is 65.7 cm³/mol. The molecular weight excluding hydrogens is 237 g/mol. The fourth-order valence-corrected chi connectivity index (χ4v) is 1.83. The standard InChI is InChI=1S/C13H18FNO3/c1-4-18-11(16)8-13(2,15)12-9(14)6-5-7-10(12)17-3/h5-7H,4,8,15H2,1-3H3. The molecule has 5 heteroatoms. The van der Waals surface area contributed by atoms with E-state index in [1.54, 1.807) is 19.9 Å². The lowest BCUT2D eigenvalue weighted by Crippen LogP contribution is -2.37. The van der Waals surface area contributed by atoms with E-state index < -0.39 is 17.3 Å². The molecule has 0 aliphatic rings. The highest BCUT2D eigenvalue weighted by atomic mass is 19.1. The number of carbonyl (C=O) groups excluding carboxylic acids is 1. The van der Waals surface area contributed by atoms with Crippen LogP contribution >= 0.6 is 0 Å². The van der Waals surface area contributed by atoms with Gasteiger partial charge in [-0.2, -0.15) is 0 Å². The highest BCUT2D eigenvalue weighted by Crippen LogP contribution is 2.32. The van der Waals surface area contributed by atoms with Crippen LogP contribution in [0.15, 0.2) is 18.2 Å². The maximum Gasteiger partial charge on any atom is 0.307 e. The van der Waals surface area contributed by atoms with Crippen molar-refractivity contribution in [2.75, 3.05) is 13.7 Å². The van der Waals surface area contributed by atoms with Crippen molar-refractivity contribution >= 4 is 5.97 Å². The van der Waals surface area contributed by atoms with E-state index in [0.717, 1.165) is 0 Å². The molecule has 18 heavy (non-hydrogen) atoms. The molecule has 2 N–H and O–H groups in total. The lowest BCUT2D eigenvalue weighted by Gasteiger charge is -2.26. The molecule has 0 aliphatic carbocycles. The molecule has 4 nitrogen and oxygen atoms in total. The van der Waals surface area contributed by atoms with Crippen LogP contribution in [0.5, 0.6) is 5.75 Å². The van der Waals surface area contributed by atoms with E-state index in [1.165, 1.54) is 19.2 Å². The SMILES string of the molecule is CCOC(=O)CC(C)(N)c1c(F)cccc1OC. The molecule has 1 aromatic rings. The van der Waals surface area contributed by atoms with Crippen LogP contribution in [0.4, 0.5) is 4.39 Å². The lowest BCUT2D eigenvalue weighted by atomic mass is 9.88. The first-order valence-corrected chi connectivity index (χ1v) is 5.70. The third kappa shape index (κ3) is 3.20. The first kappa shape index (κ1) is 14.4. The van der Waals surface area contributed by atoms with Gasteiger partial charge < -0.3 is 15.2 Å². The Hall–Kier alpha value is -1.62. The summed E-state index contributed by atoms with van der Waals surface area (Å²) < 4.78 is 23.8. The van der Waals surface area contributed by atoms with Gasteiger partial charge in [0, 0.05) is 5.56 Å². The van der Waals surface area contributed by atoms with Gasteiger partial charge in [0.2, 0.25) is 0 Å². The maximum absolute atomic E-state index is 13.9. The van der Waals surface area contributed by atoms with E-state index in [0.29, 0.717) is 5.75 Å². The molecule has 0 bridgehead atoms. The van der Waals surface area contributed by atoms with Crippen LogP contribution in [-0.2, 0) is 15.1 Å². The van der Waals surface area contributed by atoms with Gasteiger partial charge in [0.25, 0.3) is 0 Å². The van der Waals surface area contributed by atoms with Gasteiger partial charge in [-0.05, 0) is 26.0 Å². The Morgan fingerprint density at radius 1 is 1.50 bits per heavy atom. The van der Waals surface area contributed by atoms with E-state index in [1.807, 2.05) is 0 Å². The number of hydrogen-bond donors (Lipinski definition) is 1. The van der Waals surface area contributed by atoms with Crippen molar-refractivity contribution < 1.29 is 18.7 Å². The zero-order valence-electron chi connectivity index (χ0n) is 10.8. The number of ether oxygens (including phenoxy) is 2. The van der Waals surface area contributed by atoms with Crippen molar-refractivity contribution in [3.8, 4) is 5.75 Å². The quantitative estimate of drug-likeness (QED) is 0.817. The summed E-state index contributed by atoms with van der Waals surface area (Å²) in [6, 6.07) is 4.42. The highest BCUT2D eigenvalue weighted by Gasteiger charge is 2.31. The van der Waals surface area contributed by atoms with Gasteiger partial charge in [0.1, 0.15) is 11.6 Å². The van der Waals surface area contributed by atoms with Crippen LogP contribution in [0.25, 0.3) is 0 Å². The molecule has 0 saturated carbocycles. The summed E-state index contributed by atoms with van der Waals surface area (Å²) >= 11 is 0. The second kappa shape index (κ2) is 5.82. The Morgan fingerprint density at radius 3 is 2.72 bits per heavy atom. The van der Waals surface area contributed by atoms with Crippen LogP contribution in [0, 0.1) is 5.82 Å². The molecule has 0 aromatic heterocycles. The van der Waals surface area contributed by atoms with Gasteiger partial charge in [0.15, 0.2) is 0 Å². The second-order valence-corrected chi connectivity index (χ2v) is 4.22. The minimum absolute atomic E-state index is 0.113. The molecule has 0 fully saturated rings. The van der Waals surface area contributed by atoms with Crippen molar-refractivity contribution in [2.45, 2.75) is 25.8 Å². The molecule has 0 radical (unpaired) electrons. The van der Waals surface area contributed by atoms with Gasteiger partial charge in [0.05, 0.1) is 25.7 Å². The fourth-order valence-electron chi connectivity index (χ4n) is 1.83. The van der Waals surface area contributed by atoms with E-state index >= 15 is 0 Å². The van der Waals surface area contributed by atoms with Gasteiger partial charge in [-0.15, -0.1) is 0 Å². The van der Waals surface area contributed by atoms with E-state index in [9.17, 15) is 9.18 Å². The molecule has 0 aliphatic heterocycles. The van der Waals surface area contributed by atoms with Gasteiger partial charge in [-0.1, -0.05) is 6.07 Å². The van der Waals surface area contributed by atoms with E-state index in [-0.39, 0.29) is 18.6 Å². The van der Waals surface area contributed by atoms with Crippen LogP contribution in [0.2, 0.25) is 0 Å². The summed E-state index contributed by atoms with van der Waals surface area (Å²) in [4.78, 5) is 11.5. The number of benzene rings is 1. The molecule has 0 amide bonds. The highest BCUT2D eigenvalue weighted by molar-refractivity contribution is 5.71. The molecule has 1 atom stereocenters. The topological polar surface area (TPSA) is 61.5 Å². The lowest BCUT2D eigenvalue weighted by molar-refractivity contribution is -0.144. The van der Waals surface area contributed by atoms with E-state index in [4.69, 9.17) is 15.2 Å². The first-order valence-electron chi connectivity index (χ1n) is 5.70. The van der Waals surface area contributed by atoms with Gasteiger partial charge >= 0.3 is 5.97 Å². The van der Waals surface area contributed by atoms with Gasteiger partial charge in [-0.3, -0.25) is 4.79 Å². The Kier molecular flexibility index (Phi) is 4.67. The molecule has 1 unspecified atom stereocenters. The number of carbonyl (C=O) groups is 1. The molecule has 0 spiro atoms. The predicted octanol–water partition coefficient (Wildman–Crippen LogP) is 1.96. The average molecular weight is 255 g/mol. The van der Waals surface area contributed by atoms with Crippen molar-refractivity contribution in [3.05, 3.63) is 29.6 Å². The maximum atomic E-state index is 13.9. The zero-order valence-corrected chi connectivity index (χ0v) is 10.8. The Morgan fingerprint density at radius 2 is 2.17 bits per heavy atom. The molecule has 0 heterocycles. The largest absolute Gasteiger partial charge is 0.496 e. The molecule has 100 valence electrons. The fraction of sp³-hybridized carbons (Fsp3) is 0.462. The Labute approximate surface area is 106 Å². The normalized spacial score (nSPS) is 13.8. The number of methoxy groups -OCH3 is 1. The van der Waals surface area contributed by atoms with Crippen LogP contribution in [0.1, 0.15) is 25.8 Å². The third-order valence-electron chi connectivity index (χ3n) is 2.58. The number of halogens is 1. The number of esters is 1. The van der Waals surface area contributed by atoms with Gasteiger partial charge in [-0.25, -0.2) is 4.39 Å². The average Bonchev–Trinajstić information content (AvgIpc) is 2.27. The number of nitrogens with two attached hydrogens (primary N) is 1. The summed E-state index contributed by atoms with van der Waals surface area (Å²) in [6.07, 6.45) is -0.113. The minimum atomic E-state index is -1.18. The summed E-state index contributed by atoms with van der Waals surface area (Å²) in [7, 11) is 1.43. The number of rotatable bonds is 5. The molecule has 0 saturated heterocycles. The summed E-state index contributed by atoms with van der Waals surface area (Å²) in [5, 5.41) is 0. The smallest absolute Gasteiger partial charge is 0.307 e. The molecule has 1 aromatic carbocycles. The van der Waals surface area contributed by atoms with Crippen molar-refractivity contribution in [2.24, 2.45) is 5.73 Å². The summed E-state index contributed by atoms with van der Waals surface area (Å²) in [5.41, 5.74) is 5.03. The Bertz CT molecular complexity index is 432. The number of hydrogen-bond acceptors (Lipinski definition) is 4. The first-order chi connectivity index (χ1) is 8.42. The van der Waals surface area contributed by atoms with Crippen LogP contribution < -0.4 is 10.5 Å². The molecular formula is C13H18FNO3. The second-order valence-electron chi connectivity index (χ2n) is 4.22. The molecule has 1 rings (SSSR count). The van der Waals surface area contributed by atoms with Crippen LogP contribution in [-0.4, -0.2) is 19.7 Å². The van der Waals surface area contributed by atoms with Crippen molar-refractivity contribution in [1.82, 2.24) is 0 Å². The van der Waals surface area contributed by atoms with E-state index in [2.05, 4.69) is 0 Å². The minimum Gasteiger partial charge on any atom is -0.496 e. The van der Waals surface area contributed by atoms with Crippen LogP contribution in [0.3, 0.4) is 0 Å².